The van der Waals surface area contributed by atoms with E-state index in [2.05, 4.69) is 21.9 Å². The van der Waals surface area contributed by atoms with Crippen molar-refractivity contribution in [2.24, 2.45) is 0 Å². The van der Waals surface area contributed by atoms with Gasteiger partial charge in [-0.05, 0) is 76.8 Å². The number of anilines is 1. The van der Waals surface area contributed by atoms with Crippen LogP contribution in [0, 0.1) is 26.2 Å². The van der Waals surface area contributed by atoms with Crippen molar-refractivity contribution in [1.82, 2.24) is 0 Å². The number of methoxy groups -OCH3 is 1. The summed E-state index contributed by atoms with van der Waals surface area (Å²) < 4.78 is 12.1. The fourth-order valence-corrected chi connectivity index (χ4v) is 4.66. The first-order valence-electron chi connectivity index (χ1n) is 8.64. The topological polar surface area (TPSA) is 38.8 Å². The minimum absolute atomic E-state index is 0.128. The fraction of sp³-hybridized carbons (Fsp3) is 0.182. The number of hydrogen-bond donors (Lipinski definition) is 0. The zero-order valence-electron chi connectivity index (χ0n) is 16.1. The van der Waals surface area contributed by atoms with E-state index in [1.807, 2.05) is 38.1 Å². The average molecular weight is 488 g/mol. The van der Waals surface area contributed by atoms with Gasteiger partial charge in [0, 0.05) is 0 Å². The summed E-state index contributed by atoms with van der Waals surface area (Å²) in [6.07, 6.45) is 7.06. The number of thioether (sulfide) groups is 1. The number of nitrogens with zero attached hydrogens (tertiary/aromatic N) is 1. The zero-order chi connectivity index (χ0) is 21.1. The molecule has 0 unspecified atom stereocenters. The molecule has 1 heterocycles. The predicted octanol–water partition coefficient (Wildman–Crippen LogP) is 5.49. The summed E-state index contributed by atoms with van der Waals surface area (Å²) in [6, 6.07) is 9.51. The number of benzene rings is 2. The predicted molar refractivity (Wildman–Crippen MR) is 127 cm³/mol. The number of thiocarbonyl (C=S) groups is 1. The lowest BCUT2D eigenvalue weighted by Crippen LogP contribution is -2.27. The number of halogens is 1. The summed E-state index contributed by atoms with van der Waals surface area (Å²) in [5, 5.41) is 0. The minimum Gasteiger partial charge on any atom is -0.493 e. The van der Waals surface area contributed by atoms with E-state index in [0.717, 1.165) is 16.8 Å². The molecular weight excluding hydrogens is 470 g/mol. The molecule has 0 atom stereocenters. The normalized spacial score (nSPS) is 15.0. The first kappa shape index (κ1) is 21.4. The number of ether oxygens (including phenoxy) is 2. The fourth-order valence-electron chi connectivity index (χ4n) is 2.78. The Labute approximate surface area is 188 Å². The second kappa shape index (κ2) is 9.04. The number of carbonyl (C=O) groups excluding carboxylic acids is 1. The van der Waals surface area contributed by atoms with E-state index in [4.69, 9.17) is 28.1 Å². The molecule has 2 aromatic rings. The van der Waals surface area contributed by atoms with Crippen LogP contribution in [0.2, 0.25) is 0 Å². The van der Waals surface area contributed by atoms with Gasteiger partial charge in [0.1, 0.15) is 6.61 Å². The molecule has 0 spiro atoms. The maximum atomic E-state index is 13.0. The number of rotatable bonds is 5. The SMILES string of the molecule is C#CCOc1c(Br)cc(/C=C2\SC(=S)N(c3ccc(C)c(C)c3)C2=O)cc1OC. The highest BCUT2D eigenvalue weighted by molar-refractivity contribution is 9.10. The molecule has 29 heavy (non-hydrogen) atoms. The summed E-state index contributed by atoms with van der Waals surface area (Å²) in [4.78, 5) is 15.1. The Bertz CT molecular complexity index is 1070. The molecule has 1 aliphatic heterocycles. The molecule has 0 aromatic heterocycles. The lowest BCUT2D eigenvalue weighted by molar-refractivity contribution is -0.113. The summed E-state index contributed by atoms with van der Waals surface area (Å²) in [5.74, 6) is 3.32. The lowest BCUT2D eigenvalue weighted by atomic mass is 10.1. The van der Waals surface area contributed by atoms with Crippen molar-refractivity contribution in [3.63, 3.8) is 0 Å². The Morgan fingerprint density at radius 2 is 2.03 bits per heavy atom. The number of carbonyl (C=O) groups is 1. The average Bonchev–Trinajstić information content (AvgIpc) is 2.96. The maximum Gasteiger partial charge on any atom is 0.270 e. The van der Waals surface area contributed by atoms with Crippen LogP contribution in [0.4, 0.5) is 5.69 Å². The number of aryl methyl sites for hydroxylation is 2. The third-order valence-electron chi connectivity index (χ3n) is 4.39. The van der Waals surface area contributed by atoms with Crippen LogP contribution in [0.15, 0.2) is 39.7 Å². The van der Waals surface area contributed by atoms with Gasteiger partial charge >= 0.3 is 0 Å². The Morgan fingerprint density at radius 1 is 1.28 bits per heavy atom. The molecule has 148 valence electrons. The molecule has 1 amide bonds. The van der Waals surface area contributed by atoms with Gasteiger partial charge in [0.25, 0.3) is 5.91 Å². The van der Waals surface area contributed by atoms with E-state index in [1.54, 1.807) is 24.2 Å². The molecule has 0 N–H and O–H groups in total. The van der Waals surface area contributed by atoms with Crippen molar-refractivity contribution < 1.29 is 14.3 Å². The highest BCUT2D eigenvalue weighted by Crippen LogP contribution is 2.40. The second-order valence-corrected chi connectivity index (χ2v) is 8.84. The molecule has 1 saturated heterocycles. The molecule has 0 saturated carbocycles. The van der Waals surface area contributed by atoms with E-state index in [1.165, 1.54) is 17.3 Å². The van der Waals surface area contributed by atoms with Gasteiger partial charge in [-0.15, -0.1) is 6.42 Å². The van der Waals surface area contributed by atoms with Crippen molar-refractivity contribution in [3.05, 3.63) is 56.4 Å². The largest absolute Gasteiger partial charge is 0.493 e. The Kier molecular flexibility index (Phi) is 6.68. The molecule has 0 bridgehead atoms. The van der Waals surface area contributed by atoms with E-state index < -0.39 is 0 Å². The van der Waals surface area contributed by atoms with Crippen LogP contribution in [0.25, 0.3) is 6.08 Å². The monoisotopic (exact) mass is 487 g/mol. The highest BCUT2D eigenvalue weighted by Gasteiger charge is 2.33. The van der Waals surface area contributed by atoms with Crippen molar-refractivity contribution in [2.45, 2.75) is 13.8 Å². The Morgan fingerprint density at radius 3 is 2.69 bits per heavy atom. The van der Waals surface area contributed by atoms with Gasteiger partial charge in [-0.2, -0.15) is 0 Å². The van der Waals surface area contributed by atoms with E-state index in [9.17, 15) is 4.79 Å². The van der Waals surface area contributed by atoms with Crippen LogP contribution >= 0.6 is 39.9 Å². The van der Waals surface area contributed by atoms with Gasteiger partial charge in [0.05, 0.1) is 22.2 Å². The van der Waals surface area contributed by atoms with Crippen LogP contribution in [-0.2, 0) is 4.79 Å². The quantitative estimate of drug-likeness (QED) is 0.316. The first-order valence-corrected chi connectivity index (χ1v) is 10.7. The molecule has 0 radical (unpaired) electrons. The van der Waals surface area contributed by atoms with Crippen molar-refractivity contribution in [1.29, 1.82) is 0 Å². The van der Waals surface area contributed by atoms with Gasteiger partial charge in [-0.25, -0.2) is 0 Å². The van der Waals surface area contributed by atoms with Crippen molar-refractivity contribution in [3.8, 4) is 23.8 Å². The standard InChI is InChI=1S/C22H18BrNO3S2/c1-5-8-27-20-17(23)10-15(11-18(20)26-4)12-19-21(25)24(22(28)29-19)16-7-6-13(2)14(3)9-16/h1,6-7,9-12H,8H2,2-4H3/b19-12-. The number of hydrogen-bond acceptors (Lipinski definition) is 5. The molecule has 4 nitrogen and oxygen atoms in total. The molecule has 3 rings (SSSR count). The molecule has 2 aromatic carbocycles. The Balaban J connectivity index is 1.94. The van der Waals surface area contributed by atoms with Gasteiger partial charge in [-0.3, -0.25) is 9.69 Å². The third kappa shape index (κ3) is 4.50. The molecule has 7 heteroatoms. The minimum atomic E-state index is -0.147. The van der Waals surface area contributed by atoms with Gasteiger partial charge in [0.15, 0.2) is 15.8 Å². The molecule has 1 fully saturated rings. The first-order chi connectivity index (χ1) is 13.8. The second-order valence-electron chi connectivity index (χ2n) is 6.31. The van der Waals surface area contributed by atoms with E-state index in [0.29, 0.717) is 25.2 Å². The van der Waals surface area contributed by atoms with Crippen molar-refractivity contribution >= 4 is 61.9 Å². The smallest absolute Gasteiger partial charge is 0.270 e. The van der Waals surface area contributed by atoms with Gasteiger partial charge < -0.3 is 9.47 Å². The maximum absolute atomic E-state index is 13.0. The summed E-state index contributed by atoms with van der Waals surface area (Å²) >= 11 is 10.2. The van der Waals surface area contributed by atoms with Crippen LogP contribution in [0.5, 0.6) is 11.5 Å². The lowest BCUT2D eigenvalue weighted by Gasteiger charge is -2.16. The highest BCUT2D eigenvalue weighted by atomic mass is 79.9. The van der Waals surface area contributed by atoms with Crippen LogP contribution in [-0.4, -0.2) is 23.9 Å². The molecule has 0 aliphatic carbocycles. The van der Waals surface area contributed by atoms with Gasteiger partial charge in [-0.1, -0.05) is 36.0 Å². The van der Waals surface area contributed by atoms with Gasteiger partial charge in [0.2, 0.25) is 0 Å². The molecular formula is C22H18BrNO3S2. The molecule has 1 aliphatic rings. The number of terminal acetylenes is 1. The summed E-state index contributed by atoms with van der Waals surface area (Å²) in [6.45, 7) is 4.18. The summed E-state index contributed by atoms with van der Waals surface area (Å²) in [7, 11) is 1.55. The van der Waals surface area contributed by atoms with E-state index >= 15 is 0 Å². The van der Waals surface area contributed by atoms with Crippen molar-refractivity contribution in [2.75, 3.05) is 18.6 Å². The Hall–Kier alpha value is -2.27. The third-order valence-corrected chi connectivity index (χ3v) is 6.28. The van der Waals surface area contributed by atoms with E-state index in [-0.39, 0.29) is 12.5 Å². The van der Waals surface area contributed by atoms with Crippen LogP contribution in [0.1, 0.15) is 16.7 Å². The number of amides is 1. The zero-order valence-corrected chi connectivity index (χ0v) is 19.3. The van der Waals surface area contributed by atoms with Crippen LogP contribution < -0.4 is 14.4 Å². The van der Waals surface area contributed by atoms with Crippen LogP contribution in [0.3, 0.4) is 0 Å². The summed E-state index contributed by atoms with van der Waals surface area (Å²) in [5.41, 5.74) is 3.83.